The molecule has 0 unspecified atom stereocenters. The molecule has 0 amide bonds. The number of ether oxygens (including phenoxy) is 1. The Hall–Kier alpha value is -0.830. The molecule has 98 valence electrons. The summed E-state index contributed by atoms with van der Waals surface area (Å²) in [6, 6.07) is 0. The van der Waals surface area contributed by atoms with E-state index in [1.807, 2.05) is 0 Å². The van der Waals surface area contributed by atoms with Crippen LogP contribution >= 0.6 is 11.8 Å². The van der Waals surface area contributed by atoms with Crippen molar-refractivity contribution in [2.45, 2.75) is 18.0 Å². The molecule has 0 fully saturated rings. The molecule has 0 aliphatic heterocycles. The van der Waals surface area contributed by atoms with Crippen molar-refractivity contribution < 1.29 is 22.3 Å². The molecule has 1 rings (SSSR count). The molecule has 0 aromatic carbocycles. The second-order valence-corrected chi connectivity index (χ2v) is 4.08. The largest absolute Gasteiger partial charge is 0.375 e. The molecule has 0 radical (unpaired) electrons. The third kappa shape index (κ3) is 4.50. The molecule has 0 aliphatic rings. The lowest BCUT2D eigenvalue weighted by Gasteiger charge is -2.04. The van der Waals surface area contributed by atoms with E-state index >= 15 is 0 Å². The van der Waals surface area contributed by atoms with E-state index in [4.69, 9.17) is 0 Å². The SMILES string of the molecule is Cn1c(SCCOCC(F)F)nnc1C(F)F. The fraction of sp³-hybridized carbons (Fsp3) is 0.750. The molecule has 1 aromatic rings. The predicted molar refractivity (Wildman–Crippen MR) is 53.5 cm³/mol. The normalized spacial score (nSPS) is 11.7. The molecule has 0 spiro atoms. The molecule has 1 heterocycles. The monoisotopic (exact) mass is 273 g/mol. The maximum Gasteiger partial charge on any atom is 0.297 e. The van der Waals surface area contributed by atoms with Crippen LogP contribution in [0.2, 0.25) is 0 Å². The minimum atomic E-state index is -2.68. The van der Waals surface area contributed by atoms with E-state index in [0.717, 1.165) is 11.8 Å². The highest BCUT2D eigenvalue weighted by molar-refractivity contribution is 7.99. The van der Waals surface area contributed by atoms with Gasteiger partial charge in [-0.3, -0.25) is 0 Å². The number of hydrogen-bond donors (Lipinski definition) is 0. The molecule has 0 atom stereocenters. The van der Waals surface area contributed by atoms with E-state index in [-0.39, 0.29) is 6.61 Å². The van der Waals surface area contributed by atoms with Crippen LogP contribution in [0.4, 0.5) is 17.6 Å². The zero-order valence-electron chi connectivity index (χ0n) is 8.95. The Kier molecular flexibility index (Phi) is 5.69. The summed E-state index contributed by atoms with van der Waals surface area (Å²) in [5.74, 6) is -0.0666. The Balaban J connectivity index is 2.32. The van der Waals surface area contributed by atoms with Gasteiger partial charge in [0.15, 0.2) is 5.16 Å². The number of halogens is 4. The fourth-order valence-corrected chi connectivity index (χ4v) is 1.78. The van der Waals surface area contributed by atoms with Crippen LogP contribution in [0, 0.1) is 0 Å². The molecule has 0 saturated heterocycles. The van der Waals surface area contributed by atoms with Crippen molar-refractivity contribution in [1.29, 1.82) is 0 Å². The van der Waals surface area contributed by atoms with E-state index < -0.39 is 25.3 Å². The first-order valence-corrected chi connectivity index (χ1v) is 5.67. The minimum absolute atomic E-state index is 0.103. The molecule has 17 heavy (non-hydrogen) atoms. The van der Waals surface area contributed by atoms with E-state index in [1.165, 1.54) is 11.6 Å². The summed E-state index contributed by atoms with van der Waals surface area (Å²) in [5.41, 5.74) is 0. The molecule has 9 heteroatoms. The van der Waals surface area contributed by atoms with Gasteiger partial charge in [-0.1, -0.05) is 11.8 Å². The molecule has 4 nitrogen and oxygen atoms in total. The summed E-state index contributed by atoms with van der Waals surface area (Å²) >= 11 is 1.12. The number of aromatic nitrogens is 3. The molecule has 1 aromatic heterocycles. The van der Waals surface area contributed by atoms with Crippen LogP contribution in [0.1, 0.15) is 12.2 Å². The maximum atomic E-state index is 12.3. The summed E-state index contributed by atoms with van der Waals surface area (Å²) in [5, 5.41) is 7.19. The first-order chi connectivity index (χ1) is 8.02. The van der Waals surface area contributed by atoms with E-state index in [0.29, 0.717) is 10.9 Å². The lowest BCUT2D eigenvalue weighted by Crippen LogP contribution is -2.07. The van der Waals surface area contributed by atoms with Crippen LogP contribution in [0.5, 0.6) is 0 Å². The summed E-state index contributed by atoms with van der Waals surface area (Å²) in [6.07, 6.45) is -5.18. The Morgan fingerprint density at radius 3 is 2.53 bits per heavy atom. The van der Waals surface area contributed by atoms with Crippen LogP contribution in [0.3, 0.4) is 0 Å². The highest BCUT2D eigenvalue weighted by Crippen LogP contribution is 2.21. The van der Waals surface area contributed by atoms with Crippen molar-refractivity contribution in [1.82, 2.24) is 14.8 Å². The Morgan fingerprint density at radius 1 is 1.29 bits per heavy atom. The molecule has 0 saturated carbocycles. The summed E-state index contributed by atoms with van der Waals surface area (Å²) in [6.45, 7) is -0.520. The van der Waals surface area contributed by atoms with E-state index in [2.05, 4.69) is 14.9 Å². The van der Waals surface area contributed by atoms with Crippen molar-refractivity contribution in [3.05, 3.63) is 5.82 Å². The van der Waals surface area contributed by atoms with Gasteiger partial charge in [0.05, 0.1) is 6.61 Å². The molecular formula is C8H11F4N3OS. The number of thioether (sulfide) groups is 1. The predicted octanol–water partition coefficient (Wildman–Crippen LogP) is 2.13. The van der Waals surface area contributed by atoms with Crippen LogP contribution in [0.25, 0.3) is 0 Å². The number of nitrogens with zero attached hydrogens (tertiary/aromatic N) is 3. The third-order valence-corrected chi connectivity index (χ3v) is 2.75. The van der Waals surface area contributed by atoms with Crippen LogP contribution in [-0.2, 0) is 11.8 Å². The molecule has 0 bridgehead atoms. The van der Waals surface area contributed by atoms with Crippen molar-refractivity contribution in [3.8, 4) is 0 Å². The zero-order chi connectivity index (χ0) is 12.8. The first-order valence-electron chi connectivity index (χ1n) is 4.68. The molecular weight excluding hydrogens is 262 g/mol. The molecule has 0 aliphatic carbocycles. The van der Waals surface area contributed by atoms with Crippen molar-refractivity contribution in [2.24, 2.45) is 7.05 Å². The standard InChI is InChI=1S/C8H11F4N3OS/c1-15-7(6(11)12)13-14-8(15)17-3-2-16-4-5(9)10/h5-6H,2-4H2,1H3. The van der Waals surface area contributed by atoms with Crippen LogP contribution < -0.4 is 0 Å². The van der Waals surface area contributed by atoms with Gasteiger partial charge in [0, 0.05) is 12.8 Å². The van der Waals surface area contributed by atoms with Gasteiger partial charge in [0.2, 0.25) is 5.82 Å². The number of alkyl halides is 4. The Labute approximate surface area is 99.3 Å². The molecule has 0 N–H and O–H groups in total. The topological polar surface area (TPSA) is 39.9 Å². The lowest BCUT2D eigenvalue weighted by atomic mass is 10.6. The van der Waals surface area contributed by atoms with Crippen molar-refractivity contribution in [2.75, 3.05) is 19.0 Å². The van der Waals surface area contributed by atoms with Gasteiger partial charge in [-0.2, -0.15) is 0 Å². The second-order valence-electron chi connectivity index (χ2n) is 3.01. The van der Waals surface area contributed by atoms with Crippen LogP contribution in [-0.4, -0.2) is 40.2 Å². The van der Waals surface area contributed by atoms with Crippen LogP contribution in [0.15, 0.2) is 5.16 Å². The highest BCUT2D eigenvalue weighted by Gasteiger charge is 2.17. The van der Waals surface area contributed by atoms with Gasteiger partial charge in [-0.15, -0.1) is 10.2 Å². The second kappa shape index (κ2) is 6.80. The number of hydrogen-bond acceptors (Lipinski definition) is 4. The smallest absolute Gasteiger partial charge is 0.297 e. The zero-order valence-corrected chi connectivity index (χ0v) is 9.76. The van der Waals surface area contributed by atoms with Gasteiger partial charge in [-0.05, 0) is 0 Å². The van der Waals surface area contributed by atoms with Gasteiger partial charge < -0.3 is 9.30 Å². The third-order valence-electron chi connectivity index (χ3n) is 1.77. The number of rotatable bonds is 7. The summed E-state index contributed by atoms with van der Waals surface area (Å²) < 4.78 is 53.9. The van der Waals surface area contributed by atoms with E-state index in [9.17, 15) is 17.6 Å². The Bertz CT molecular complexity index is 348. The van der Waals surface area contributed by atoms with Gasteiger partial charge in [0.1, 0.15) is 6.61 Å². The fourth-order valence-electron chi connectivity index (χ4n) is 1.01. The lowest BCUT2D eigenvalue weighted by molar-refractivity contribution is 0.0237. The first kappa shape index (κ1) is 14.2. The summed E-state index contributed by atoms with van der Waals surface area (Å²) in [7, 11) is 1.42. The van der Waals surface area contributed by atoms with Crippen molar-refractivity contribution in [3.63, 3.8) is 0 Å². The average molecular weight is 273 g/mol. The van der Waals surface area contributed by atoms with Crippen molar-refractivity contribution >= 4 is 11.8 Å². The quantitative estimate of drug-likeness (QED) is 0.433. The Morgan fingerprint density at radius 2 is 2.00 bits per heavy atom. The van der Waals surface area contributed by atoms with Gasteiger partial charge in [-0.25, -0.2) is 17.6 Å². The maximum absolute atomic E-state index is 12.3. The van der Waals surface area contributed by atoms with E-state index in [1.54, 1.807) is 0 Å². The highest BCUT2D eigenvalue weighted by atomic mass is 32.2. The minimum Gasteiger partial charge on any atom is -0.375 e. The summed E-state index contributed by atoms with van der Waals surface area (Å²) in [4.78, 5) is 0. The average Bonchev–Trinajstić information content (AvgIpc) is 2.59. The van der Waals surface area contributed by atoms with Gasteiger partial charge in [0.25, 0.3) is 12.9 Å². The van der Waals surface area contributed by atoms with Gasteiger partial charge >= 0.3 is 0 Å².